The maximum absolute atomic E-state index is 13.8. The summed E-state index contributed by atoms with van der Waals surface area (Å²) >= 11 is 0. The minimum Gasteiger partial charge on any atom is -0.481 e. The fraction of sp³-hybridized carbons (Fsp3) is 0.696. The number of carbonyl (C=O) groups is 12. The third-order valence-corrected chi connectivity index (χ3v) is 11.2. The molecule has 0 rings (SSSR count). The quantitative estimate of drug-likeness (QED) is 0.0154. The second-order valence-electron chi connectivity index (χ2n) is 19.0. The predicted octanol–water partition coefficient (Wildman–Crippen LogP) is -8.44. The molecule has 84 heavy (non-hydrogen) atoms. The summed E-state index contributed by atoms with van der Waals surface area (Å²) in [6.07, 6.45) is -7.15. The smallest absolute Gasteiger partial charge is 0.481 e. The fourth-order valence-corrected chi connectivity index (χ4v) is 6.74. The Morgan fingerprint density at radius 1 is 0.524 bits per heavy atom. The Morgan fingerprint density at radius 2 is 0.929 bits per heavy atom. The average molecular weight is 1220 g/mol. The number of nitrogens with zero attached hydrogens (tertiary/aromatic N) is 2. The Morgan fingerprint density at radius 3 is 1.36 bits per heavy atom. The summed E-state index contributed by atoms with van der Waals surface area (Å²) in [6, 6.07) is -14.0. The molecule has 480 valence electrons. The van der Waals surface area contributed by atoms with Crippen LogP contribution in [0.3, 0.4) is 0 Å². The van der Waals surface area contributed by atoms with Gasteiger partial charge in [0.1, 0.15) is 48.3 Å². The molecule has 9 amide bonds. The zero-order chi connectivity index (χ0) is 65.0. The number of alkyl halides is 3. The van der Waals surface area contributed by atoms with E-state index in [0.717, 1.165) is 6.92 Å². The molecule has 0 spiro atoms. The number of nitrogens with two attached hydrogens (primary N) is 6. The lowest BCUT2D eigenvalue weighted by molar-refractivity contribution is -0.192. The van der Waals surface area contributed by atoms with Gasteiger partial charge in [0.05, 0.1) is 31.9 Å². The van der Waals surface area contributed by atoms with Crippen LogP contribution in [0, 0.1) is 5.92 Å². The molecule has 0 radical (unpaired) electrons. The van der Waals surface area contributed by atoms with Gasteiger partial charge in [0, 0.05) is 19.5 Å². The summed E-state index contributed by atoms with van der Waals surface area (Å²) in [5.74, 6) is -15.4. The van der Waals surface area contributed by atoms with E-state index in [0.29, 0.717) is 12.8 Å². The maximum atomic E-state index is 13.8. The van der Waals surface area contributed by atoms with Crippen LogP contribution in [0.5, 0.6) is 0 Å². The normalized spacial score (nSPS) is 14.5. The van der Waals surface area contributed by atoms with Crippen molar-refractivity contribution in [1.29, 1.82) is 0 Å². The van der Waals surface area contributed by atoms with E-state index in [2.05, 4.69) is 57.8 Å². The number of guanidine groups is 2. The van der Waals surface area contributed by atoms with Crippen molar-refractivity contribution in [2.75, 3.05) is 39.4 Å². The number of aliphatic hydroxyl groups excluding tert-OH is 3. The Labute approximate surface area is 479 Å². The van der Waals surface area contributed by atoms with Crippen LogP contribution in [-0.4, -0.2) is 220 Å². The molecule has 0 aromatic carbocycles. The second-order valence-corrected chi connectivity index (χ2v) is 19.0. The first-order chi connectivity index (χ1) is 39.0. The number of aliphatic carboxylic acids is 3. The minimum absolute atomic E-state index is 0.00677. The highest BCUT2D eigenvalue weighted by molar-refractivity contribution is 5.98. The van der Waals surface area contributed by atoms with E-state index < -0.39 is 170 Å². The molecule has 27 N–H and O–H groups in total. The van der Waals surface area contributed by atoms with Crippen molar-refractivity contribution in [3.63, 3.8) is 0 Å². The molecule has 0 aliphatic carbocycles. The van der Waals surface area contributed by atoms with E-state index in [-0.39, 0.29) is 76.0 Å². The van der Waals surface area contributed by atoms with Gasteiger partial charge in [-0.3, -0.25) is 62.7 Å². The van der Waals surface area contributed by atoms with Crippen molar-refractivity contribution in [3.05, 3.63) is 0 Å². The number of unbranched alkanes of at least 4 members (excludes halogenated alkanes) is 1. The molecule has 38 heteroatoms. The topological polar surface area (TPSA) is 615 Å². The molecule has 10 atom stereocenters. The van der Waals surface area contributed by atoms with E-state index in [4.69, 9.17) is 44.3 Å². The van der Waals surface area contributed by atoms with Crippen LogP contribution >= 0.6 is 0 Å². The molecule has 0 saturated carbocycles. The number of carboxylic acids is 3. The van der Waals surface area contributed by atoms with Crippen LogP contribution in [0.1, 0.15) is 91.9 Å². The van der Waals surface area contributed by atoms with Crippen LogP contribution < -0.4 is 82.3 Å². The Kier molecular flexibility index (Phi) is 37.9. The molecular formula is C46H82F3N17O18. The van der Waals surface area contributed by atoms with Gasteiger partial charge in [-0.2, -0.15) is 13.2 Å². The first-order valence-corrected chi connectivity index (χ1v) is 25.9. The SMILES string of the molecule is CC(C)C[C@H](NC(=O)[C@H](CCC(=O)O)NC(=O)[C@H](CCCCN)NC(=O)[C@H](CO)NC(=O)[C@H](CO)NC(=O)[C@@H](NC(=O)[C@H](CCCN=C(N)N)NC(=O)CNC(=O)[C@@H](N)CCCN=C(N)N)[C@@H](C)O)C(=O)N[C@@H](C)C(=O)O.O=C(O)C(F)(F)F. The molecule has 0 aromatic heterocycles. The van der Waals surface area contributed by atoms with Crippen LogP contribution in [-0.2, 0) is 57.5 Å². The van der Waals surface area contributed by atoms with Crippen LogP contribution in [0.4, 0.5) is 13.2 Å². The van der Waals surface area contributed by atoms with Gasteiger partial charge in [-0.1, -0.05) is 13.8 Å². The molecule has 0 fully saturated rings. The van der Waals surface area contributed by atoms with Gasteiger partial charge in [0.25, 0.3) is 0 Å². The van der Waals surface area contributed by atoms with Crippen molar-refractivity contribution in [2.45, 2.75) is 159 Å². The van der Waals surface area contributed by atoms with Crippen molar-refractivity contribution in [1.82, 2.24) is 47.9 Å². The van der Waals surface area contributed by atoms with Crippen LogP contribution in [0.2, 0.25) is 0 Å². The van der Waals surface area contributed by atoms with Crippen molar-refractivity contribution < 1.29 is 101 Å². The number of carboxylic acid groups (broad SMARTS) is 3. The predicted molar refractivity (Wildman–Crippen MR) is 288 cm³/mol. The van der Waals surface area contributed by atoms with Gasteiger partial charge in [0.15, 0.2) is 11.9 Å². The molecule has 0 heterocycles. The number of nitrogens with one attached hydrogen (secondary N) is 9. The summed E-state index contributed by atoms with van der Waals surface area (Å²) < 4.78 is 31.7. The van der Waals surface area contributed by atoms with Crippen LogP contribution in [0.15, 0.2) is 9.98 Å². The number of rotatable bonds is 39. The maximum Gasteiger partial charge on any atom is 0.490 e. The molecule has 0 aliphatic rings. The van der Waals surface area contributed by atoms with E-state index in [1.165, 1.54) is 6.92 Å². The number of halogens is 3. The highest BCUT2D eigenvalue weighted by Gasteiger charge is 2.39. The zero-order valence-electron chi connectivity index (χ0n) is 46.7. The van der Waals surface area contributed by atoms with Crippen LogP contribution in [0.25, 0.3) is 0 Å². The molecule has 35 nitrogen and oxygen atoms in total. The van der Waals surface area contributed by atoms with E-state index in [1.807, 2.05) is 0 Å². The third kappa shape index (κ3) is 34.3. The van der Waals surface area contributed by atoms with E-state index in [9.17, 15) is 91.4 Å². The average Bonchev–Trinajstić information content (AvgIpc) is 3.47. The number of amides is 9. The lowest BCUT2D eigenvalue weighted by Crippen LogP contribution is -2.62. The number of hydrogen-bond acceptors (Lipinski definition) is 19. The fourth-order valence-electron chi connectivity index (χ4n) is 6.74. The molecule has 0 aromatic rings. The standard InChI is InChI=1S/C44H81N17O16.C2HF3O2/c1-21(2)17-28(38(72)54-22(3)42(76)77)58-36(70)27(12-13-32(66)67)57-35(69)26(10-5-6-14-45)56-39(73)29(19-62)59-40(74)30(20-63)60-41(75)33(23(4)64)61-37(71)25(11-8-16-52-44(49)50)55-31(65)18-53-34(68)24(46)9-7-15-51-43(47)48;3-2(4,5)1(6)7/h21-30,33,62-64H,5-20,45-46H2,1-4H3,(H,53,68)(H,54,72)(H,55,65)(H,56,73)(H,57,69)(H,58,70)(H,59,74)(H,60,75)(H,61,71)(H,66,67)(H,76,77)(H4,47,48,51)(H4,49,50,52);(H,6,7)/t22-,23+,24-,25-,26-,27-,28-,29-,30-,33-;/m0./s1. The lowest BCUT2D eigenvalue weighted by Gasteiger charge is -2.28. The zero-order valence-corrected chi connectivity index (χ0v) is 46.7. The Bertz CT molecular complexity index is 2260. The summed E-state index contributed by atoms with van der Waals surface area (Å²) in [4.78, 5) is 159. The Hall–Kier alpha value is -8.23. The molecular weight excluding hydrogens is 1140 g/mol. The summed E-state index contributed by atoms with van der Waals surface area (Å²) in [6.45, 7) is 3.10. The lowest BCUT2D eigenvalue weighted by atomic mass is 10.0. The molecule has 0 saturated heterocycles. The van der Waals surface area contributed by atoms with Crippen molar-refractivity contribution in [3.8, 4) is 0 Å². The first-order valence-electron chi connectivity index (χ1n) is 25.9. The number of aliphatic hydroxyl groups is 3. The summed E-state index contributed by atoms with van der Waals surface area (Å²) in [5.41, 5.74) is 32.8. The second kappa shape index (κ2) is 40.9. The van der Waals surface area contributed by atoms with Gasteiger partial charge in [0.2, 0.25) is 53.2 Å². The van der Waals surface area contributed by atoms with E-state index >= 15 is 0 Å². The molecule has 0 aliphatic heterocycles. The van der Waals surface area contributed by atoms with Gasteiger partial charge < -0.3 is 113 Å². The van der Waals surface area contributed by atoms with Gasteiger partial charge in [-0.25, -0.2) is 4.79 Å². The summed E-state index contributed by atoms with van der Waals surface area (Å²) in [7, 11) is 0. The third-order valence-electron chi connectivity index (χ3n) is 11.2. The van der Waals surface area contributed by atoms with E-state index in [1.54, 1.807) is 13.8 Å². The van der Waals surface area contributed by atoms with Gasteiger partial charge >= 0.3 is 24.1 Å². The first kappa shape index (κ1) is 77.8. The number of carbonyl (C=O) groups excluding carboxylic acids is 9. The number of hydrogen-bond donors (Lipinski definition) is 21. The highest BCUT2D eigenvalue weighted by Crippen LogP contribution is 2.13. The minimum atomic E-state index is -5.08. The van der Waals surface area contributed by atoms with Gasteiger partial charge in [-0.05, 0) is 84.1 Å². The molecule has 0 unspecified atom stereocenters. The van der Waals surface area contributed by atoms with Crippen molar-refractivity contribution in [2.24, 2.45) is 50.3 Å². The Balaban J connectivity index is 0. The summed E-state index contributed by atoms with van der Waals surface area (Å²) in [5, 5.41) is 77.3. The monoisotopic (exact) mass is 1220 g/mol. The van der Waals surface area contributed by atoms with Crippen molar-refractivity contribution >= 4 is 83.0 Å². The molecule has 0 bridgehead atoms. The number of aliphatic imine (C=N–C) groups is 2. The largest absolute Gasteiger partial charge is 0.490 e. The highest BCUT2D eigenvalue weighted by atomic mass is 19.4. The van der Waals surface area contributed by atoms with Gasteiger partial charge in [-0.15, -0.1) is 0 Å².